The molecule has 0 radical (unpaired) electrons. The molecule has 2 N–H and O–H groups in total. The van der Waals surface area contributed by atoms with E-state index in [0.29, 0.717) is 12.5 Å². The molecular weight excluding hydrogens is 328 g/mol. The maximum atomic E-state index is 5.77. The number of anilines is 1. The molecule has 1 fully saturated rings. The zero-order valence-electron chi connectivity index (χ0n) is 14.1. The molecule has 4 heterocycles. The summed E-state index contributed by atoms with van der Waals surface area (Å²) in [6.07, 6.45) is 6.11. The monoisotopic (exact) mass is 346 g/mol. The summed E-state index contributed by atoms with van der Waals surface area (Å²) < 4.78 is 5.77. The van der Waals surface area contributed by atoms with Gasteiger partial charge in [-0.05, 0) is 24.1 Å². The number of aromatic amines is 1. The molecule has 0 unspecified atom stereocenters. The fourth-order valence-electron chi connectivity index (χ4n) is 3.63. The molecule has 4 aromatic rings. The molecule has 26 heavy (non-hydrogen) atoms. The van der Waals surface area contributed by atoms with Crippen molar-refractivity contribution < 1.29 is 4.74 Å². The molecule has 1 saturated heterocycles. The molecule has 2 atom stereocenters. The standard InChI is InChI=1S/C19H18N6O/c1-2-4-16-14(3-1)12(5-6-20-16)7-13-9-26-10-17(13)24-18-15-8-23-25-19(15)22-11-21-18/h1-6,8,11,13,17H,7,9-10H2,(H2,21,22,23,24,25)/t13-,17+/m1/s1. The molecule has 1 aliphatic heterocycles. The van der Waals surface area contributed by atoms with E-state index in [1.54, 1.807) is 12.5 Å². The molecule has 130 valence electrons. The third kappa shape index (κ3) is 2.66. The predicted octanol–water partition coefficient (Wildman–Crippen LogP) is 2.57. The van der Waals surface area contributed by atoms with Crippen molar-refractivity contribution >= 4 is 27.8 Å². The highest BCUT2D eigenvalue weighted by molar-refractivity contribution is 5.85. The van der Waals surface area contributed by atoms with Gasteiger partial charge in [0, 0.05) is 17.5 Å². The first-order chi connectivity index (χ1) is 12.9. The van der Waals surface area contributed by atoms with Gasteiger partial charge in [-0.25, -0.2) is 9.97 Å². The van der Waals surface area contributed by atoms with Crippen LogP contribution in [0.15, 0.2) is 49.1 Å². The molecule has 0 amide bonds. The Bertz CT molecular complexity index is 1060. The zero-order chi connectivity index (χ0) is 17.3. The second kappa shape index (κ2) is 6.34. The number of nitrogens with one attached hydrogen (secondary N) is 2. The molecule has 0 saturated carbocycles. The van der Waals surface area contributed by atoms with Crippen LogP contribution in [0.5, 0.6) is 0 Å². The van der Waals surface area contributed by atoms with Crippen LogP contribution in [0.2, 0.25) is 0 Å². The van der Waals surface area contributed by atoms with Crippen LogP contribution in [-0.2, 0) is 11.2 Å². The fraction of sp³-hybridized carbons (Fsp3) is 0.263. The highest BCUT2D eigenvalue weighted by Gasteiger charge is 2.29. The second-order valence-electron chi connectivity index (χ2n) is 6.59. The largest absolute Gasteiger partial charge is 0.379 e. The van der Waals surface area contributed by atoms with Gasteiger partial charge < -0.3 is 10.1 Å². The van der Waals surface area contributed by atoms with Crippen LogP contribution in [0.25, 0.3) is 21.9 Å². The number of ether oxygens (including phenoxy) is 1. The molecule has 3 aromatic heterocycles. The number of rotatable bonds is 4. The number of pyridine rings is 1. The summed E-state index contributed by atoms with van der Waals surface area (Å²) in [7, 11) is 0. The van der Waals surface area contributed by atoms with Crippen molar-refractivity contribution in [3.05, 3.63) is 54.6 Å². The quantitative estimate of drug-likeness (QED) is 0.590. The lowest BCUT2D eigenvalue weighted by Crippen LogP contribution is -2.29. The van der Waals surface area contributed by atoms with E-state index in [-0.39, 0.29) is 6.04 Å². The lowest BCUT2D eigenvalue weighted by molar-refractivity contribution is 0.185. The van der Waals surface area contributed by atoms with E-state index < -0.39 is 0 Å². The van der Waals surface area contributed by atoms with Crippen LogP contribution >= 0.6 is 0 Å². The summed E-state index contributed by atoms with van der Waals surface area (Å²) >= 11 is 0. The highest BCUT2D eigenvalue weighted by Crippen LogP contribution is 2.27. The number of nitrogens with zero attached hydrogens (tertiary/aromatic N) is 4. The average Bonchev–Trinajstić information content (AvgIpc) is 3.32. The number of para-hydroxylation sites is 1. The van der Waals surface area contributed by atoms with Crippen LogP contribution in [0, 0.1) is 5.92 Å². The van der Waals surface area contributed by atoms with Crippen molar-refractivity contribution in [2.24, 2.45) is 5.92 Å². The zero-order valence-corrected chi connectivity index (χ0v) is 14.1. The average molecular weight is 346 g/mol. The predicted molar refractivity (Wildman–Crippen MR) is 98.9 cm³/mol. The van der Waals surface area contributed by atoms with Gasteiger partial charge in [-0.2, -0.15) is 5.10 Å². The summed E-state index contributed by atoms with van der Waals surface area (Å²) in [5, 5.41) is 12.6. The van der Waals surface area contributed by atoms with Crippen LogP contribution in [0.4, 0.5) is 5.82 Å². The minimum atomic E-state index is 0.190. The van der Waals surface area contributed by atoms with Gasteiger partial charge >= 0.3 is 0 Å². The lowest BCUT2D eigenvalue weighted by Gasteiger charge is -2.20. The van der Waals surface area contributed by atoms with E-state index in [2.05, 4.69) is 54.7 Å². The molecule has 0 spiro atoms. The number of aromatic nitrogens is 5. The Balaban J connectivity index is 1.41. The van der Waals surface area contributed by atoms with Crippen molar-refractivity contribution in [3.63, 3.8) is 0 Å². The summed E-state index contributed by atoms with van der Waals surface area (Å²) in [6, 6.07) is 10.6. The van der Waals surface area contributed by atoms with Gasteiger partial charge in [0.2, 0.25) is 0 Å². The molecule has 1 aromatic carbocycles. The third-order valence-electron chi connectivity index (χ3n) is 4.99. The van der Waals surface area contributed by atoms with Gasteiger partial charge in [0.1, 0.15) is 12.1 Å². The third-order valence-corrected chi connectivity index (χ3v) is 4.99. The van der Waals surface area contributed by atoms with Crippen LogP contribution < -0.4 is 5.32 Å². The maximum Gasteiger partial charge on any atom is 0.160 e. The van der Waals surface area contributed by atoms with E-state index >= 15 is 0 Å². The Morgan fingerprint density at radius 1 is 1.08 bits per heavy atom. The van der Waals surface area contributed by atoms with Gasteiger partial charge in [0.05, 0.1) is 36.4 Å². The smallest absolute Gasteiger partial charge is 0.160 e. The Morgan fingerprint density at radius 2 is 2.04 bits per heavy atom. The number of hydrogen-bond acceptors (Lipinski definition) is 6. The van der Waals surface area contributed by atoms with Crippen LogP contribution in [0.1, 0.15) is 5.56 Å². The van der Waals surface area contributed by atoms with Crippen molar-refractivity contribution in [2.45, 2.75) is 12.5 Å². The van der Waals surface area contributed by atoms with E-state index in [9.17, 15) is 0 Å². The van der Waals surface area contributed by atoms with Crippen molar-refractivity contribution in [1.29, 1.82) is 0 Å². The first kappa shape index (κ1) is 15.2. The Hall–Kier alpha value is -3.06. The molecular formula is C19H18N6O. The van der Waals surface area contributed by atoms with Crippen molar-refractivity contribution in [1.82, 2.24) is 25.1 Å². The number of H-pyrrole nitrogens is 1. The van der Waals surface area contributed by atoms with Crippen LogP contribution in [0.3, 0.4) is 0 Å². The number of hydrogen-bond donors (Lipinski definition) is 2. The molecule has 5 rings (SSSR count). The molecule has 7 nitrogen and oxygen atoms in total. The Labute approximate surface area is 149 Å². The second-order valence-corrected chi connectivity index (χ2v) is 6.59. The van der Waals surface area contributed by atoms with Crippen molar-refractivity contribution in [3.8, 4) is 0 Å². The number of benzene rings is 1. The molecule has 7 heteroatoms. The Morgan fingerprint density at radius 3 is 3.04 bits per heavy atom. The molecule has 0 bridgehead atoms. The summed E-state index contributed by atoms with van der Waals surface area (Å²) in [5.74, 6) is 1.15. The van der Waals surface area contributed by atoms with Crippen LogP contribution in [-0.4, -0.2) is 44.4 Å². The lowest BCUT2D eigenvalue weighted by atomic mass is 9.93. The molecule has 1 aliphatic rings. The van der Waals surface area contributed by atoms with Gasteiger partial charge in [-0.3, -0.25) is 10.1 Å². The fourth-order valence-corrected chi connectivity index (χ4v) is 3.63. The normalized spacial score (nSPS) is 20.0. The summed E-state index contributed by atoms with van der Waals surface area (Å²) in [5.41, 5.74) is 3.07. The maximum absolute atomic E-state index is 5.77. The van der Waals surface area contributed by atoms with Gasteiger partial charge in [-0.15, -0.1) is 0 Å². The highest BCUT2D eigenvalue weighted by atomic mass is 16.5. The SMILES string of the molecule is c1ccc2c(C[C@@H]3COC[C@@H]3Nc3ncnc4[nH]ncc34)ccnc2c1. The first-order valence-electron chi connectivity index (χ1n) is 8.69. The summed E-state index contributed by atoms with van der Waals surface area (Å²) in [6.45, 7) is 1.39. The van der Waals surface area contributed by atoms with E-state index in [1.807, 2.05) is 12.3 Å². The first-order valence-corrected chi connectivity index (χ1v) is 8.69. The van der Waals surface area contributed by atoms with Gasteiger partial charge in [0.15, 0.2) is 5.65 Å². The van der Waals surface area contributed by atoms with E-state index in [4.69, 9.17) is 4.74 Å². The minimum Gasteiger partial charge on any atom is -0.379 e. The van der Waals surface area contributed by atoms with Gasteiger partial charge in [0.25, 0.3) is 0 Å². The van der Waals surface area contributed by atoms with E-state index in [1.165, 1.54) is 10.9 Å². The van der Waals surface area contributed by atoms with Crippen molar-refractivity contribution in [2.75, 3.05) is 18.5 Å². The van der Waals surface area contributed by atoms with Gasteiger partial charge in [-0.1, -0.05) is 18.2 Å². The topological polar surface area (TPSA) is 88.6 Å². The molecule has 0 aliphatic carbocycles. The van der Waals surface area contributed by atoms with E-state index in [0.717, 1.165) is 35.4 Å². The number of fused-ring (bicyclic) bond motifs is 2. The Kier molecular flexibility index (Phi) is 3.71. The summed E-state index contributed by atoms with van der Waals surface area (Å²) in [4.78, 5) is 13.0. The minimum absolute atomic E-state index is 0.190.